The normalized spacial score (nSPS) is 20.6. The Balaban J connectivity index is 1.62. The van der Waals surface area contributed by atoms with E-state index < -0.39 is 22.3 Å². The minimum Gasteiger partial charge on any atom is -0.307 e. The molecule has 2 aliphatic rings. The molecule has 1 aliphatic heterocycles. The van der Waals surface area contributed by atoms with Crippen LogP contribution in [-0.4, -0.2) is 28.1 Å². The number of carbonyl (C=O) groups is 1. The Hall–Kier alpha value is -1.16. The lowest BCUT2D eigenvalue weighted by Gasteiger charge is -2.37. The van der Waals surface area contributed by atoms with Gasteiger partial charge in [0, 0.05) is 45.9 Å². The van der Waals surface area contributed by atoms with Crippen LogP contribution in [0, 0.1) is 0 Å². The number of hydrogen-bond acceptors (Lipinski definition) is 3. The van der Waals surface area contributed by atoms with E-state index in [1.165, 1.54) is 11.3 Å². The minimum atomic E-state index is -2.64. The number of nitrogens with one attached hydrogen (secondary N) is 1. The molecule has 1 aromatic heterocycles. The summed E-state index contributed by atoms with van der Waals surface area (Å²) in [6, 6.07) is 7.39. The second-order valence-corrected chi connectivity index (χ2v) is 12.7. The molecule has 0 bridgehead atoms. The third kappa shape index (κ3) is 4.65. The highest BCUT2D eigenvalue weighted by Crippen LogP contribution is 2.53. The van der Waals surface area contributed by atoms with Gasteiger partial charge in [-0.1, -0.05) is 15.9 Å². The van der Waals surface area contributed by atoms with Crippen LogP contribution >= 0.6 is 27.3 Å². The number of nitrogens with zero attached hydrogens (tertiary/aromatic N) is 1. The molecule has 1 fully saturated rings. The van der Waals surface area contributed by atoms with E-state index in [0.717, 1.165) is 15.7 Å². The summed E-state index contributed by atoms with van der Waals surface area (Å²) < 4.78 is 44.8. The summed E-state index contributed by atoms with van der Waals surface area (Å²) in [5.74, 6) is -2.82. The van der Waals surface area contributed by atoms with Crippen LogP contribution in [0.25, 0.3) is 0 Å². The van der Waals surface area contributed by atoms with E-state index in [1.54, 1.807) is 16.3 Å². The van der Waals surface area contributed by atoms with Gasteiger partial charge < -0.3 is 4.90 Å². The zero-order valence-corrected chi connectivity index (χ0v) is 20.9. The Kier molecular flexibility index (Phi) is 5.94. The first-order chi connectivity index (χ1) is 14.4. The minimum absolute atomic E-state index is 0.166. The number of halogens is 3. The van der Waals surface area contributed by atoms with E-state index in [9.17, 15) is 17.8 Å². The summed E-state index contributed by atoms with van der Waals surface area (Å²) in [6.45, 7) is 6.17. The number of hydrogen-bond donors (Lipinski definition) is 1. The maximum absolute atomic E-state index is 13.9. The molecule has 1 atom stereocenters. The summed E-state index contributed by atoms with van der Waals surface area (Å²) in [5, 5.41) is 1.72. The summed E-state index contributed by atoms with van der Waals surface area (Å²) in [7, 11) is -1.41. The molecule has 2 aromatic rings. The first kappa shape index (κ1) is 23.0. The van der Waals surface area contributed by atoms with Crippen molar-refractivity contribution in [3.05, 3.63) is 45.2 Å². The zero-order chi connectivity index (χ0) is 22.6. The number of amides is 1. The van der Waals surface area contributed by atoms with Crippen molar-refractivity contribution in [2.45, 2.75) is 67.5 Å². The van der Waals surface area contributed by atoms with Crippen LogP contribution in [0.4, 0.5) is 14.5 Å². The lowest BCUT2D eigenvalue weighted by molar-refractivity contribution is -0.0499. The molecule has 1 aromatic carbocycles. The number of rotatable bonds is 3. The van der Waals surface area contributed by atoms with Gasteiger partial charge in [-0.15, -0.1) is 11.3 Å². The smallest absolute Gasteiger partial charge is 0.259 e. The van der Waals surface area contributed by atoms with Gasteiger partial charge in [0.15, 0.2) is 0 Å². The van der Waals surface area contributed by atoms with Crippen LogP contribution in [0.2, 0.25) is 0 Å². The Labute approximate surface area is 196 Å². The first-order valence-electron chi connectivity index (χ1n) is 10.2. The van der Waals surface area contributed by atoms with Crippen molar-refractivity contribution >= 4 is 49.8 Å². The van der Waals surface area contributed by atoms with Gasteiger partial charge in [0.25, 0.3) is 5.91 Å². The maximum atomic E-state index is 13.9. The molecule has 1 spiro atoms. The molecular formula is C22H25BrF2N2O2S2. The fourth-order valence-electron chi connectivity index (χ4n) is 4.35. The molecule has 168 valence electrons. The highest BCUT2D eigenvalue weighted by Gasteiger charge is 2.50. The van der Waals surface area contributed by atoms with Crippen molar-refractivity contribution in [1.82, 2.24) is 4.72 Å². The second kappa shape index (κ2) is 8.01. The van der Waals surface area contributed by atoms with Crippen molar-refractivity contribution in [1.29, 1.82) is 0 Å². The summed E-state index contributed by atoms with van der Waals surface area (Å²) in [4.78, 5) is 15.1. The lowest BCUT2D eigenvalue weighted by atomic mass is 9.69. The first-order valence-corrected chi connectivity index (χ1v) is 13.0. The van der Waals surface area contributed by atoms with Gasteiger partial charge in [-0.25, -0.2) is 17.7 Å². The molecule has 2 heterocycles. The maximum Gasteiger partial charge on any atom is 0.259 e. The van der Waals surface area contributed by atoms with E-state index in [2.05, 4.69) is 20.7 Å². The van der Waals surface area contributed by atoms with Crippen molar-refractivity contribution in [3.63, 3.8) is 0 Å². The van der Waals surface area contributed by atoms with Crippen molar-refractivity contribution in [3.8, 4) is 0 Å². The predicted octanol–water partition coefficient (Wildman–Crippen LogP) is 6.03. The van der Waals surface area contributed by atoms with Gasteiger partial charge >= 0.3 is 0 Å². The number of carbonyl (C=O) groups excluding carboxylic acids is 1. The van der Waals surface area contributed by atoms with Crippen LogP contribution < -0.4 is 9.62 Å². The molecule has 1 unspecified atom stereocenters. The molecule has 0 radical (unpaired) electrons. The molecule has 1 N–H and O–H groups in total. The van der Waals surface area contributed by atoms with Crippen molar-refractivity contribution < 1.29 is 17.8 Å². The van der Waals surface area contributed by atoms with E-state index in [1.807, 2.05) is 39.0 Å². The van der Waals surface area contributed by atoms with E-state index in [0.29, 0.717) is 29.2 Å². The number of alkyl halides is 2. The molecule has 4 rings (SSSR count). The fourth-order valence-corrected chi connectivity index (χ4v) is 6.83. The number of anilines is 1. The highest BCUT2D eigenvalue weighted by molar-refractivity contribution is 9.10. The largest absolute Gasteiger partial charge is 0.307 e. The van der Waals surface area contributed by atoms with E-state index >= 15 is 0 Å². The monoisotopic (exact) mass is 530 g/mol. The predicted molar refractivity (Wildman–Crippen MR) is 125 cm³/mol. The number of fused-ring (bicyclic) bond motifs is 2. The van der Waals surface area contributed by atoms with Gasteiger partial charge in [0.05, 0.1) is 5.56 Å². The Bertz CT molecular complexity index is 1040. The molecule has 31 heavy (non-hydrogen) atoms. The summed E-state index contributed by atoms with van der Waals surface area (Å²) in [6.07, 6.45) is 0.366. The molecular weight excluding hydrogens is 506 g/mol. The SMILES string of the molecule is CC(C)(C)NS(=O)c1cc(C(=O)N2CC3(CCC(F)(F)CC3)c3cc(Br)ccc32)cs1. The average molecular weight is 531 g/mol. The molecule has 1 aliphatic carbocycles. The zero-order valence-electron chi connectivity index (χ0n) is 17.6. The van der Waals surface area contributed by atoms with Gasteiger partial charge in [0.1, 0.15) is 15.2 Å². The molecule has 1 saturated carbocycles. The topological polar surface area (TPSA) is 49.4 Å². The molecule has 4 nitrogen and oxygen atoms in total. The van der Waals surface area contributed by atoms with Crippen LogP contribution in [-0.2, 0) is 16.4 Å². The summed E-state index contributed by atoms with van der Waals surface area (Å²) >= 11 is 4.77. The third-order valence-electron chi connectivity index (χ3n) is 5.87. The van der Waals surface area contributed by atoms with Gasteiger partial charge in [-0.3, -0.25) is 4.79 Å². The Morgan fingerprint density at radius 3 is 2.52 bits per heavy atom. The lowest BCUT2D eigenvalue weighted by Crippen LogP contribution is -2.41. The Morgan fingerprint density at radius 1 is 1.19 bits per heavy atom. The molecule has 9 heteroatoms. The standard InChI is InChI=1S/C22H25BrF2N2O2S2/c1-20(2,3)26-31(29)18-10-14(12-30-18)19(28)27-13-21(6-8-22(24,25)9-7-21)16-11-15(23)4-5-17(16)27/h4-5,10-12,26H,6-9,13H2,1-3H3. The second-order valence-electron chi connectivity index (χ2n) is 9.46. The quantitative estimate of drug-likeness (QED) is 0.526. The van der Waals surface area contributed by atoms with Crippen LogP contribution in [0.1, 0.15) is 62.4 Å². The highest BCUT2D eigenvalue weighted by atomic mass is 79.9. The number of thiophene rings is 1. The van der Waals surface area contributed by atoms with Gasteiger partial charge in [-0.2, -0.15) is 0 Å². The molecule has 0 saturated heterocycles. The Morgan fingerprint density at radius 2 is 1.87 bits per heavy atom. The fraction of sp³-hybridized carbons (Fsp3) is 0.500. The average Bonchev–Trinajstić information content (AvgIpc) is 3.27. The third-order valence-corrected chi connectivity index (χ3v) is 9.11. The number of benzene rings is 1. The van der Waals surface area contributed by atoms with Crippen LogP contribution in [0.15, 0.2) is 38.3 Å². The van der Waals surface area contributed by atoms with Crippen LogP contribution in [0.3, 0.4) is 0 Å². The van der Waals surface area contributed by atoms with Crippen molar-refractivity contribution in [2.75, 3.05) is 11.4 Å². The van der Waals surface area contributed by atoms with E-state index in [4.69, 9.17) is 0 Å². The van der Waals surface area contributed by atoms with Crippen molar-refractivity contribution in [2.24, 2.45) is 0 Å². The van der Waals surface area contributed by atoms with Gasteiger partial charge in [-0.05, 0) is 63.4 Å². The van der Waals surface area contributed by atoms with E-state index in [-0.39, 0.29) is 24.3 Å². The molecule has 1 amide bonds. The van der Waals surface area contributed by atoms with Gasteiger partial charge in [0.2, 0.25) is 5.92 Å². The summed E-state index contributed by atoms with van der Waals surface area (Å²) in [5.41, 5.74) is 1.43. The van der Waals surface area contributed by atoms with Crippen LogP contribution in [0.5, 0.6) is 0 Å².